The summed E-state index contributed by atoms with van der Waals surface area (Å²) in [7, 11) is 0. The van der Waals surface area contributed by atoms with Gasteiger partial charge in [-0.15, -0.1) is 0 Å². The summed E-state index contributed by atoms with van der Waals surface area (Å²) in [5, 5.41) is 0. The summed E-state index contributed by atoms with van der Waals surface area (Å²) >= 11 is 2.05. The molecule has 1 aromatic heterocycles. The molecule has 64 valence electrons. The Morgan fingerprint density at radius 2 is 2.50 bits per heavy atom. The number of halogens is 1. The van der Waals surface area contributed by atoms with Crippen molar-refractivity contribution in [1.29, 1.82) is 0 Å². The van der Waals surface area contributed by atoms with Crippen LogP contribution >= 0.6 is 22.6 Å². The second-order valence-electron chi connectivity index (χ2n) is 2.08. The molecule has 3 nitrogen and oxygen atoms in total. The van der Waals surface area contributed by atoms with Gasteiger partial charge in [0.2, 0.25) is 0 Å². The van der Waals surface area contributed by atoms with Crippen molar-refractivity contribution < 1.29 is 9.53 Å². The average Bonchev–Trinajstić information content (AvgIpc) is 2.05. The minimum atomic E-state index is -0.288. The largest absolute Gasteiger partial charge is 0.462 e. The third-order valence-corrected chi connectivity index (χ3v) is 2.13. The number of nitrogens with zero attached hydrogens (tertiary/aromatic N) is 1. The number of carbonyl (C=O) groups is 1. The van der Waals surface area contributed by atoms with Crippen LogP contribution in [0, 0.1) is 3.57 Å². The van der Waals surface area contributed by atoms with E-state index in [0.29, 0.717) is 12.2 Å². The van der Waals surface area contributed by atoms with Gasteiger partial charge in [0.15, 0.2) is 0 Å². The highest BCUT2D eigenvalue weighted by molar-refractivity contribution is 14.1. The summed E-state index contributed by atoms with van der Waals surface area (Å²) in [6, 6.07) is 1.65. The Hall–Kier alpha value is -0.650. The van der Waals surface area contributed by atoms with Crippen molar-refractivity contribution in [3.8, 4) is 0 Å². The van der Waals surface area contributed by atoms with Crippen LogP contribution in [0.1, 0.15) is 17.3 Å². The molecule has 1 aromatic rings. The summed E-state index contributed by atoms with van der Waals surface area (Å²) in [5.74, 6) is -0.288. The predicted molar refractivity (Wildman–Crippen MR) is 52.9 cm³/mol. The first-order valence-electron chi connectivity index (χ1n) is 3.52. The van der Waals surface area contributed by atoms with Crippen LogP contribution in [-0.4, -0.2) is 17.6 Å². The van der Waals surface area contributed by atoms with Crippen LogP contribution in [0.3, 0.4) is 0 Å². The number of pyridine rings is 1. The monoisotopic (exact) mass is 277 g/mol. The maximum Gasteiger partial charge on any atom is 0.339 e. The smallest absolute Gasteiger partial charge is 0.339 e. The van der Waals surface area contributed by atoms with Gasteiger partial charge >= 0.3 is 5.97 Å². The lowest BCUT2D eigenvalue weighted by Crippen LogP contribution is -2.06. The SMILES string of the molecule is CCOC(=O)c1ccncc1I. The number of carbonyl (C=O) groups excluding carboxylic acids is 1. The van der Waals surface area contributed by atoms with Crippen molar-refractivity contribution in [2.75, 3.05) is 6.61 Å². The van der Waals surface area contributed by atoms with Crippen molar-refractivity contribution in [3.05, 3.63) is 27.6 Å². The van der Waals surface area contributed by atoms with E-state index >= 15 is 0 Å². The zero-order valence-electron chi connectivity index (χ0n) is 6.58. The highest BCUT2D eigenvalue weighted by Crippen LogP contribution is 2.10. The first-order valence-corrected chi connectivity index (χ1v) is 4.60. The van der Waals surface area contributed by atoms with E-state index in [9.17, 15) is 4.79 Å². The van der Waals surface area contributed by atoms with Gasteiger partial charge in [0.1, 0.15) is 0 Å². The number of ether oxygens (including phenoxy) is 1. The number of esters is 1. The van der Waals surface area contributed by atoms with Crippen LogP contribution in [0.25, 0.3) is 0 Å². The molecule has 0 spiro atoms. The van der Waals surface area contributed by atoms with E-state index in [1.54, 1.807) is 25.4 Å². The molecular formula is C8H8INO2. The lowest BCUT2D eigenvalue weighted by molar-refractivity contribution is 0.0525. The standard InChI is InChI=1S/C8H8INO2/c1-2-12-8(11)6-3-4-10-5-7(6)9/h3-5H,2H2,1H3. The number of aromatic nitrogens is 1. The Morgan fingerprint density at radius 3 is 3.08 bits per heavy atom. The molecule has 0 aliphatic carbocycles. The van der Waals surface area contributed by atoms with Gasteiger partial charge < -0.3 is 4.74 Å². The Morgan fingerprint density at radius 1 is 1.75 bits per heavy atom. The second-order valence-corrected chi connectivity index (χ2v) is 3.24. The van der Waals surface area contributed by atoms with Gasteiger partial charge in [-0.25, -0.2) is 4.79 Å². The summed E-state index contributed by atoms with van der Waals surface area (Å²) in [4.78, 5) is 15.1. The lowest BCUT2D eigenvalue weighted by Gasteiger charge is -2.02. The molecule has 0 saturated carbocycles. The first-order chi connectivity index (χ1) is 5.75. The second kappa shape index (κ2) is 4.39. The predicted octanol–water partition coefficient (Wildman–Crippen LogP) is 1.86. The maximum atomic E-state index is 11.2. The first kappa shape index (κ1) is 9.44. The molecule has 0 radical (unpaired) electrons. The van der Waals surface area contributed by atoms with Crippen LogP contribution in [0.4, 0.5) is 0 Å². The molecule has 0 amide bonds. The van der Waals surface area contributed by atoms with E-state index in [0.717, 1.165) is 3.57 Å². The van der Waals surface area contributed by atoms with Gasteiger partial charge in [-0.1, -0.05) is 0 Å². The summed E-state index contributed by atoms with van der Waals surface area (Å²) in [6.45, 7) is 2.18. The van der Waals surface area contributed by atoms with Crippen molar-refractivity contribution in [2.24, 2.45) is 0 Å². The zero-order valence-corrected chi connectivity index (χ0v) is 8.74. The lowest BCUT2D eigenvalue weighted by atomic mass is 10.3. The third-order valence-electron chi connectivity index (χ3n) is 1.27. The molecule has 1 rings (SSSR count). The quantitative estimate of drug-likeness (QED) is 0.612. The van der Waals surface area contributed by atoms with E-state index in [1.807, 2.05) is 0 Å². The van der Waals surface area contributed by atoms with E-state index in [-0.39, 0.29) is 5.97 Å². The van der Waals surface area contributed by atoms with Crippen molar-refractivity contribution in [2.45, 2.75) is 6.92 Å². The normalized spacial score (nSPS) is 9.50. The summed E-state index contributed by atoms with van der Waals surface area (Å²) in [5.41, 5.74) is 0.576. The fourth-order valence-electron chi connectivity index (χ4n) is 0.750. The molecule has 0 aliphatic heterocycles. The van der Waals surface area contributed by atoms with E-state index in [2.05, 4.69) is 27.6 Å². The molecule has 0 atom stereocenters. The van der Waals surface area contributed by atoms with Crippen molar-refractivity contribution in [1.82, 2.24) is 4.98 Å². The molecule has 0 unspecified atom stereocenters. The highest BCUT2D eigenvalue weighted by atomic mass is 127. The van der Waals surface area contributed by atoms with Gasteiger partial charge in [-0.3, -0.25) is 4.98 Å². The number of hydrogen-bond donors (Lipinski definition) is 0. The van der Waals surface area contributed by atoms with Crippen LogP contribution in [0.2, 0.25) is 0 Å². The number of rotatable bonds is 2. The third kappa shape index (κ3) is 2.17. The highest BCUT2D eigenvalue weighted by Gasteiger charge is 2.09. The molecule has 0 fully saturated rings. The topological polar surface area (TPSA) is 39.2 Å². The van der Waals surface area contributed by atoms with Crippen molar-refractivity contribution >= 4 is 28.6 Å². The van der Waals surface area contributed by atoms with E-state index in [4.69, 9.17) is 4.74 Å². The molecule has 1 heterocycles. The Balaban J connectivity index is 2.87. The summed E-state index contributed by atoms with van der Waals surface area (Å²) < 4.78 is 5.65. The van der Waals surface area contributed by atoms with Gasteiger partial charge in [-0.05, 0) is 35.6 Å². The van der Waals surface area contributed by atoms with Gasteiger partial charge in [0.05, 0.1) is 12.2 Å². The number of hydrogen-bond acceptors (Lipinski definition) is 3. The Bertz CT molecular complexity index is 288. The van der Waals surface area contributed by atoms with Crippen LogP contribution in [-0.2, 0) is 4.74 Å². The van der Waals surface area contributed by atoms with Crippen LogP contribution < -0.4 is 0 Å². The molecule has 0 bridgehead atoms. The van der Waals surface area contributed by atoms with Gasteiger partial charge in [0, 0.05) is 16.0 Å². The zero-order chi connectivity index (χ0) is 8.97. The average molecular weight is 277 g/mol. The summed E-state index contributed by atoms with van der Waals surface area (Å²) in [6.07, 6.45) is 3.21. The molecule has 0 aromatic carbocycles. The molecule has 0 aliphatic rings. The Kier molecular flexibility index (Phi) is 3.46. The van der Waals surface area contributed by atoms with Gasteiger partial charge in [-0.2, -0.15) is 0 Å². The molecule has 4 heteroatoms. The molecular weight excluding hydrogens is 269 g/mol. The van der Waals surface area contributed by atoms with Gasteiger partial charge in [0.25, 0.3) is 0 Å². The Labute approximate surface area is 84.3 Å². The minimum absolute atomic E-state index is 0.288. The molecule has 12 heavy (non-hydrogen) atoms. The fourth-order valence-corrected chi connectivity index (χ4v) is 1.31. The minimum Gasteiger partial charge on any atom is -0.462 e. The maximum absolute atomic E-state index is 11.2. The fraction of sp³-hybridized carbons (Fsp3) is 0.250. The van der Waals surface area contributed by atoms with Crippen LogP contribution in [0.5, 0.6) is 0 Å². The van der Waals surface area contributed by atoms with Crippen LogP contribution in [0.15, 0.2) is 18.5 Å². The van der Waals surface area contributed by atoms with E-state index < -0.39 is 0 Å². The molecule has 0 saturated heterocycles. The van der Waals surface area contributed by atoms with Crippen molar-refractivity contribution in [3.63, 3.8) is 0 Å². The van der Waals surface area contributed by atoms with E-state index in [1.165, 1.54) is 0 Å². The molecule has 0 N–H and O–H groups in total.